The molecule has 3 rings (SSSR count). The first kappa shape index (κ1) is 18.0. The Balaban J connectivity index is 1.71. The maximum atomic E-state index is 12.3. The van der Waals surface area contributed by atoms with E-state index in [-0.39, 0.29) is 11.9 Å². The number of benzene rings is 1. The molecule has 1 amide bonds. The van der Waals surface area contributed by atoms with Crippen molar-refractivity contribution in [2.24, 2.45) is 0 Å². The average Bonchev–Trinajstić information content (AvgIpc) is 2.98. The number of esters is 1. The average molecular weight is 378 g/mol. The van der Waals surface area contributed by atoms with Crippen LogP contribution < -0.4 is 5.32 Å². The first-order valence-corrected chi connectivity index (χ1v) is 9.55. The predicted octanol–water partition coefficient (Wildman–Crippen LogP) is 4.64. The highest BCUT2D eigenvalue weighted by Crippen LogP contribution is 2.38. The number of amides is 1. The summed E-state index contributed by atoms with van der Waals surface area (Å²) < 4.78 is 4.93. The number of hydrogen-bond acceptors (Lipinski definition) is 4. The summed E-state index contributed by atoms with van der Waals surface area (Å²) in [5.41, 5.74) is 2.65. The third kappa shape index (κ3) is 4.22. The summed E-state index contributed by atoms with van der Waals surface area (Å²) in [4.78, 5) is 25.7. The van der Waals surface area contributed by atoms with Crippen LogP contribution >= 0.6 is 22.9 Å². The molecular formula is C19H20ClNO3S. The third-order valence-corrected chi connectivity index (χ3v) is 5.83. The summed E-state index contributed by atoms with van der Waals surface area (Å²) in [5.74, 6) is -0.467. The second kappa shape index (κ2) is 8.02. The minimum absolute atomic E-state index is 0.0984. The lowest BCUT2D eigenvalue weighted by Gasteiger charge is -2.11. The molecule has 0 bridgehead atoms. The van der Waals surface area contributed by atoms with Gasteiger partial charge in [-0.1, -0.05) is 23.7 Å². The van der Waals surface area contributed by atoms with Crippen LogP contribution in [0, 0.1) is 0 Å². The molecule has 1 N–H and O–H groups in total. The van der Waals surface area contributed by atoms with Crippen molar-refractivity contribution in [1.82, 2.24) is 0 Å². The van der Waals surface area contributed by atoms with Gasteiger partial charge in [-0.2, -0.15) is 0 Å². The quantitative estimate of drug-likeness (QED) is 0.772. The second-order valence-corrected chi connectivity index (χ2v) is 7.62. The predicted molar refractivity (Wildman–Crippen MR) is 101 cm³/mol. The number of nitrogens with one attached hydrogen (secondary N) is 1. The lowest BCUT2D eigenvalue weighted by atomic mass is 9.95. The van der Waals surface area contributed by atoms with E-state index in [0.717, 1.165) is 36.8 Å². The maximum Gasteiger partial charge on any atom is 0.341 e. The minimum Gasteiger partial charge on any atom is -0.465 e. The lowest BCUT2D eigenvalue weighted by Crippen LogP contribution is -2.15. The van der Waals surface area contributed by atoms with E-state index in [4.69, 9.17) is 16.3 Å². The van der Waals surface area contributed by atoms with Crippen LogP contribution in [0.15, 0.2) is 24.3 Å². The van der Waals surface area contributed by atoms with Gasteiger partial charge in [-0.3, -0.25) is 4.79 Å². The molecule has 0 spiro atoms. The highest BCUT2D eigenvalue weighted by Gasteiger charge is 2.26. The van der Waals surface area contributed by atoms with Crippen molar-refractivity contribution < 1.29 is 14.3 Å². The number of halogens is 1. The molecule has 1 aliphatic rings. The molecule has 6 heteroatoms. The van der Waals surface area contributed by atoms with Gasteiger partial charge in [0, 0.05) is 16.3 Å². The Kier molecular flexibility index (Phi) is 5.76. The summed E-state index contributed by atoms with van der Waals surface area (Å²) in [6, 6.07) is 7.47. The fraction of sp³-hybridized carbons (Fsp3) is 0.368. The Morgan fingerprint density at radius 1 is 1.20 bits per heavy atom. The highest BCUT2D eigenvalue weighted by molar-refractivity contribution is 7.17. The molecule has 25 heavy (non-hydrogen) atoms. The Bertz CT molecular complexity index is 783. The number of carbonyl (C=O) groups is 2. The van der Waals surface area contributed by atoms with Crippen molar-refractivity contribution in [1.29, 1.82) is 0 Å². The fourth-order valence-corrected chi connectivity index (χ4v) is 4.49. The third-order valence-electron chi connectivity index (χ3n) is 4.37. The van der Waals surface area contributed by atoms with Crippen molar-refractivity contribution in [3.63, 3.8) is 0 Å². The number of thiophene rings is 1. The zero-order chi connectivity index (χ0) is 17.8. The lowest BCUT2D eigenvalue weighted by molar-refractivity contribution is -0.116. The molecule has 132 valence electrons. The number of ether oxygens (including phenoxy) is 1. The normalized spacial score (nSPS) is 13.2. The Morgan fingerprint density at radius 2 is 1.92 bits per heavy atom. The minimum atomic E-state index is -0.368. The monoisotopic (exact) mass is 377 g/mol. The zero-order valence-electron chi connectivity index (χ0n) is 14.1. The molecule has 0 atom stereocenters. The van der Waals surface area contributed by atoms with Gasteiger partial charge in [0.2, 0.25) is 5.91 Å². The zero-order valence-corrected chi connectivity index (χ0v) is 15.6. The smallest absolute Gasteiger partial charge is 0.341 e. The van der Waals surface area contributed by atoms with Crippen LogP contribution in [0.2, 0.25) is 5.02 Å². The molecule has 1 heterocycles. The molecule has 2 aromatic rings. The number of carbonyl (C=O) groups excluding carboxylic acids is 2. The summed E-state index contributed by atoms with van der Waals surface area (Å²) in [5, 5.41) is 4.22. The van der Waals surface area contributed by atoms with Crippen LogP contribution in [0.3, 0.4) is 0 Å². The van der Waals surface area contributed by atoms with Crippen LogP contribution in [0.1, 0.15) is 45.6 Å². The van der Waals surface area contributed by atoms with Crippen molar-refractivity contribution in [3.05, 3.63) is 50.9 Å². The first-order valence-electron chi connectivity index (χ1n) is 8.35. The summed E-state index contributed by atoms with van der Waals surface area (Å²) in [6.07, 6.45) is 5.00. The van der Waals surface area contributed by atoms with Crippen LogP contribution in [0.25, 0.3) is 0 Å². The molecule has 4 nitrogen and oxygen atoms in total. The van der Waals surface area contributed by atoms with Crippen molar-refractivity contribution in [2.75, 3.05) is 12.4 Å². The van der Waals surface area contributed by atoms with Gasteiger partial charge in [0.15, 0.2) is 0 Å². The Hall–Kier alpha value is -1.85. The molecule has 0 radical (unpaired) electrons. The number of rotatable bonds is 5. The van der Waals surface area contributed by atoms with Gasteiger partial charge in [0.05, 0.1) is 12.7 Å². The molecule has 1 aliphatic carbocycles. The second-order valence-electron chi connectivity index (χ2n) is 6.08. The Morgan fingerprint density at radius 3 is 2.64 bits per heavy atom. The van der Waals surface area contributed by atoms with Gasteiger partial charge in [-0.15, -0.1) is 11.3 Å². The van der Waals surface area contributed by atoms with E-state index < -0.39 is 0 Å². The van der Waals surface area contributed by atoms with Gasteiger partial charge in [-0.05, 0) is 55.4 Å². The van der Waals surface area contributed by atoms with Crippen molar-refractivity contribution in [3.8, 4) is 0 Å². The number of hydrogen-bond donors (Lipinski definition) is 1. The maximum absolute atomic E-state index is 12.3. The Labute approximate surface area is 156 Å². The summed E-state index contributed by atoms with van der Waals surface area (Å²) in [6.45, 7) is 0. The first-order chi connectivity index (χ1) is 12.1. The van der Waals surface area contributed by atoms with Gasteiger partial charge < -0.3 is 10.1 Å². The van der Waals surface area contributed by atoms with E-state index in [1.807, 2.05) is 24.3 Å². The van der Waals surface area contributed by atoms with Gasteiger partial charge >= 0.3 is 5.97 Å². The molecule has 0 fully saturated rings. The molecule has 0 saturated heterocycles. The van der Waals surface area contributed by atoms with E-state index in [1.165, 1.54) is 23.3 Å². The van der Waals surface area contributed by atoms with E-state index in [1.54, 1.807) is 0 Å². The molecule has 1 aromatic carbocycles. The largest absolute Gasteiger partial charge is 0.465 e. The summed E-state index contributed by atoms with van der Waals surface area (Å²) >= 11 is 7.38. The van der Waals surface area contributed by atoms with Crippen molar-refractivity contribution >= 4 is 39.8 Å². The highest BCUT2D eigenvalue weighted by atomic mass is 35.5. The molecule has 0 saturated carbocycles. The van der Waals surface area contributed by atoms with E-state index in [2.05, 4.69) is 5.32 Å². The van der Waals surface area contributed by atoms with Gasteiger partial charge in [0.25, 0.3) is 0 Å². The number of anilines is 1. The van der Waals surface area contributed by atoms with E-state index in [0.29, 0.717) is 28.4 Å². The summed E-state index contributed by atoms with van der Waals surface area (Å²) in [7, 11) is 1.38. The molecule has 0 unspecified atom stereocenters. The van der Waals surface area contributed by atoms with Crippen molar-refractivity contribution in [2.45, 2.75) is 38.5 Å². The van der Waals surface area contributed by atoms with Crippen LogP contribution in [0.4, 0.5) is 5.00 Å². The SMILES string of the molecule is COC(=O)c1c(NC(=O)CCc2ccc(Cl)cc2)sc2c1CCCC2. The van der Waals surface area contributed by atoms with E-state index >= 15 is 0 Å². The fourth-order valence-electron chi connectivity index (χ4n) is 3.07. The molecule has 1 aromatic heterocycles. The molecular weight excluding hydrogens is 358 g/mol. The van der Waals surface area contributed by atoms with Gasteiger partial charge in [0.1, 0.15) is 5.00 Å². The van der Waals surface area contributed by atoms with E-state index in [9.17, 15) is 9.59 Å². The van der Waals surface area contributed by atoms with Crippen LogP contribution in [-0.4, -0.2) is 19.0 Å². The molecule has 0 aliphatic heterocycles. The van der Waals surface area contributed by atoms with Gasteiger partial charge in [-0.25, -0.2) is 4.79 Å². The van der Waals surface area contributed by atoms with Crippen LogP contribution in [-0.2, 0) is 28.8 Å². The number of methoxy groups -OCH3 is 1. The topological polar surface area (TPSA) is 55.4 Å². The number of fused-ring (bicyclic) bond motifs is 1. The van der Waals surface area contributed by atoms with Crippen LogP contribution in [0.5, 0.6) is 0 Å². The number of aryl methyl sites for hydroxylation is 2. The standard InChI is InChI=1S/C19H20ClNO3S/c1-24-19(23)17-14-4-2-3-5-15(14)25-18(17)21-16(22)11-8-12-6-9-13(20)10-7-12/h6-7,9-10H,2-5,8,11H2,1H3,(H,21,22).